The molecular weight excluding hydrogens is 240 g/mol. The number of carbonyl (C=O) groups is 1. The summed E-state index contributed by atoms with van der Waals surface area (Å²) >= 11 is 0. The van der Waals surface area contributed by atoms with Gasteiger partial charge in [-0.3, -0.25) is 4.79 Å². The van der Waals surface area contributed by atoms with E-state index in [4.69, 9.17) is 5.73 Å². The molecule has 0 aromatic rings. The zero-order chi connectivity index (χ0) is 14.0. The monoisotopic (exact) mass is 268 g/mol. The molecule has 2 aliphatic rings. The van der Waals surface area contributed by atoms with Gasteiger partial charge in [-0.1, -0.05) is 6.92 Å². The number of aliphatic hydroxyl groups is 1. The quantitative estimate of drug-likeness (QED) is 0.795. The van der Waals surface area contributed by atoms with E-state index in [-0.39, 0.29) is 18.1 Å². The summed E-state index contributed by atoms with van der Waals surface area (Å²) in [5.41, 5.74) is 6.01. The van der Waals surface area contributed by atoms with Crippen molar-refractivity contribution in [3.63, 3.8) is 0 Å². The van der Waals surface area contributed by atoms with E-state index in [1.807, 2.05) is 11.8 Å². The Kier molecular flexibility index (Phi) is 4.85. The summed E-state index contributed by atoms with van der Waals surface area (Å²) in [6.45, 7) is 5.63. The fourth-order valence-electron chi connectivity index (χ4n) is 3.54. The van der Waals surface area contributed by atoms with Crippen molar-refractivity contribution in [1.29, 1.82) is 0 Å². The summed E-state index contributed by atoms with van der Waals surface area (Å²) in [5, 5.41) is 9.61. The second kappa shape index (κ2) is 6.23. The lowest BCUT2D eigenvalue weighted by atomic mass is 9.77. The molecule has 1 heterocycles. The molecule has 110 valence electrons. The van der Waals surface area contributed by atoms with Crippen LogP contribution in [0.2, 0.25) is 0 Å². The van der Waals surface area contributed by atoms with Gasteiger partial charge < -0.3 is 15.7 Å². The van der Waals surface area contributed by atoms with Crippen LogP contribution in [-0.4, -0.2) is 41.1 Å². The molecular formula is C15H28N2O2. The summed E-state index contributed by atoms with van der Waals surface area (Å²) in [5.74, 6) is 1.23. The van der Waals surface area contributed by atoms with Crippen molar-refractivity contribution in [2.24, 2.45) is 23.5 Å². The Morgan fingerprint density at radius 2 is 1.89 bits per heavy atom. The minimum absolute atomic E-state index is 0.117. The van der Waals surface area contributed by atoms with E-state index in [1.54, 1.807) is 0 Å². The van der Waals surface area contributed by atoms with Gasteiger partial charge in [-0.15, -0.1) is 0 Å². The van der Waals surface area contributed by atoms with E-state index in [0.717, 1.165) is 45.2 Å². The molecule has 1 aliphatic heterocycles. The van der Waals surface area contributed by atoms with Crippen LogP contribution in [0.4, 0.5) is 0 Å². The molecule has 0 aromatic carbocycles. The number of aliphatic hydroxyl groups excluding tert-OH is 1. The molecule has 4 atom stereocenters. The number of nitrogens with two attached hydrogens (primary N) is 1. The molecule has 19 heavy (non-hydrogen) atoms. The molecule has 0 bridgehead atoms. The van der Waals surface area contributed by atoms with Crippen molar-refractivity contribution in [1.82, 2.24) is 4.90 Å². The van der Waals surface area contributed by atoms with Gasteiger partial charge in [0, 0.05) is 25.0 Å². The first-order valence-corrected chi connectivity index (χ1v) is 7.71. The summed E-state index contributed by atoms with van der Waals surface area (Å²) in [6.07, 6.45) is 4.57. The molecule has 1 aliphatic carbocycles. The van der Waals surface area contributed by atoms with Gasteiger partial charge in [-0.2, -0.15) is 0 Å². The molecule has 0 aromatic heterocycles. The topological polar surface area (TPSA) is 66.6 Å². The fraction of sp³-hybridized carbons (Fsp3) is 0.933. The third kappa shape index (κ3) is 3.48. The molecule has 4 unspecified atom stereocenters. The van der Waals surface area contributed by atoms with Crippen LogP contribution in [0.1, 0.15) is 46.0 Å². The lowest BCUT2D eigenvalue weighted by Crippen LogP contribution is -2.47. The van der Waals surface area contributed by atoms with Crippen LogP contribution in [-0.2, 0) is 4.79 Å². The van der Waals surface area contributed by atoms with E-state index in [2.05, 4.69) is 6.92 Å². The van der Waals surface area contributed by atoms with Crippen molar-refractivity contribution >= 4 is 5.91 Å². The Hall–Kier alpha value is -0.610. The highest BCUT2D eigenvalue weighted by molar-refractivity contribution is 5.79. The van der Waals surface area contributed by atoms with Gasteiger partial charge in [-0.25, -0.2) is 0 Å². The van der Waals surface area contributed by atoms with Crippen LogP contribution in [0.15, 0.2) is 0 Å². The number of amides is 1. The van der Waals surface area contributed by atoms with Gasteiger partial charge in [0.05, 0.1) is 6.10 Å². The summed E-state index contributed by atoms with van der Waals surface area (Å²) in [6, 6.07) is 0.195. The van der Waals surface area contributed by atoms with Gasteiger partial charge >= 0.3 is 0 Å². The van der Waals surface area contributed by atoms with Gasteiger partial charge in [0.15, 0.2) is 0 Å². The van der Waals surface area contributed by atoms with E-state index < -0.39 is 0 Å². The highest BCUT2D eigenvalue weighted by Gasteiger charge is 2.35. The summed E-state index contributed by atoms with van der Waals surface area (Å²) in [7, 11) is 0. The maximum atomic E-state index is 12.6. The SMILES string of the molecule is CC(O)C1CCN(C(=O)C2CC(N)CCC2C)CC1. The van der Waals surface area contributed by atoms with E-state index in [9.17, 15) is 9.90 Å². The van der Waals surface area contributed by atoms with Crippen molar-refractivity contribution < 1.29 is 9.90 Å². The number of piperidine rings is 1. The van der Waals surface area contributed by atoms with Crippen LogP contribution in [0.25, 0.3) is 0 Å². The maximum Gasteiger partial charge on any atom is 0.226 e. The maximum absolute atomic E-state index is 12.6. The van der Waals surface area contributed by atoms with Crippen LogP contribution in [0.3, 0.4) is 0 Å². The number of nitrogens with zero attached hydrogens (tertiary/aromatic N) is 1. The minimum Gasteiger partial charge on any atom is -0.393 e. The standard InChI is InChI=1S/C15H28N2O2/c1-10-3-4-13(16)9-14(10)15(19)17-7-5-12(6-8-17)11(2)18/h10-14,18H,3-9,16H2,1-2H3. The van der Waals surface area contributed by atoms with Crippen LogP contribution >= 0.6 is 0 Å². The van der Waals surface area contributed by atoms with Crippen molar-refractivity contribution in [2.75, 3.05) is 13.1 Å². The molecule has 0 spiro atoms. The highest BCUT2D eigenvalue weighted by Crippen LogP contribution is 2.32. The molecule has 1 amide bonds. The molecule has 1 saturated carbocycles. The van der Waals surface area contributed by atoms with E-state index in [1.165, 1.54) is 0 Å². The zero-order valence-electron chi connectivity index (χ0n) is 12.2. The van der Waals surface area contributed by atoms with Crippen molar-refractivity contribution in [2.45, 2.75) is 58.1 Å². The highest BCUT2D eigenvalue weighted by atomic mass is 16.3. The smallest absolute Gasteiger partial charge is 0.226 e. The molecule has 4 nitrogen and oxygen atoms in total. The molecule has 2 fully saturated rings. The number of carbonyl (C=O) groups excluding carboxylic acids is 1. The number of hydrogen-bond donors (Lipinski definition) is 2. The first-order valence-electron chi connectivity index (χ1n) is 7.71. The number of hydrogen-bond acceptors (Lipinski definition) is 3. The lowest BCUT2D eigenvalue weighted by Gasteiger charge is -2.39. The molecule has 4 heteroatoms. The first kappa shape index (κ1) is 14.8. The van der Waals surface area contributed by atoms with Crippen LogP contribution in [0, 0.1) is 17.8 Å². The van der Waals surface area contributed by atoms with Gasteiger partial charge in [0.25, 0.3) is 0 Å². The fourth-order valence-corrected chi connectivity index (χ4v) is 3.54. The second-order valence-electron chi connectivity index (χ2n) is 6.56. The predicted octanol–water partition coefficient (Wildman–Crippen LogP) is 1.37. The predicted molar refractivity (Wildman–Crippen MR) is 75.5 cm³/mol. The summed E-state index contributed by atoms with van der Waals surface area (Å²) in [4.78, 5) is 14.6. The second-order valence-corrected chi connectivity index (χ2v) is 6.56. The van der Waals surface area contributed by atoms with Crippen LogP contribution in [0.5, 0.6) is 0 Å². The largest absolute Gasteiger partial charge is 0.393 e. The van der Waals surface area contributed by atoms with E-state index in [0.29, 0.717) is 17.7 Å². The Labute approximate surface area is 116 Å². The third-order valence-corrected chi connectivity index (χ3v) is 5.09. The average molecular weight is 268 g/mol. The summed E-state index contributed by atoms with van der Waals surface area (Å²) < 4.78 is 0. The van der Waals surface area contributed by atoms with E-state index >= 15 is 0 Å². The van der Waals surface area contributed by atoms with Crippen molar-refractivity contribution in [3.8, 4) is 0 Å². The van der Waals surface area contributed by atoms with Gasteiger partial charge in [0.2, 0.25) is 5.91 Å². The van der Waals surface area contributed by atoms with Crippen molar-refractivity contribution in [3.05, 3.63) is 0 Å². The number of rotatable bonds is 2. The van der Waals surface area contributed by atoms with Gasteiger partial charge in [-0.05, 0) is 50.9 Å². The Morgan fingerprint density at radius 3 is 2.47 bits per heavy atom. The molecule has 1 saturated heterocycles. The normalized spacial score (nSPS) is 35.2. The molecule has 0 radical (unpaired) electrons. The first-order chi connectivity index (χ1) is 8.99. The molecule has 2 rings (SSSR count). The lowest BCUT2D eigenvalue weighted by molar-refractivity contribution is -0.140. The van der Waals surface area contributed by atoms with Gasteiger partial charge in [0.1, 0.15) is 0 Å². The Morgan fingerprint density at radius 1 is 1.26 bits per heavy atom. The third-order valence-electron chi connectivity index (χ3n) is 5.09. The van der Waals surface area contributed by atoms with Crippen LogP contribution < -0.4 is 5.73 Å². The molecule has 3 N–H and O–H groups in total. The Balaban J connectivity index is 1.90. The number of likely N-dealkylation sites (tertiary alicyclic amines) is 1. The Bertz CT molecular complexity index is 311. The zero-order valence-corrected chi connectivity index (χ0v) is 12.2. The minimum atomic E-state index is -0.251. The average Bonchev–Trinajstić information content (AvgIpc) is 2.41.